The third-order valence-corrected chi connectivity index (χ3v) is 3.15. The Bertz CT molecular complexity index is 215. The van der Waals surface area contributed by atoms with Crippen LogP contribution in [0.3, 0.4) is 0 Å². The van der Waals surface area contributed by atoms with Crippen LogP contribution in [0.2, 0.25) is 0 Å². The molecule has 2 aliphatic carbocycles. The Morgan fingerprint density at radius 2 is 2.23 bits per heavy atom. The lowest BCUT2D eigenvalue weighted by atomic mass is 10.2. The van der Waals surface area contributed by atoms with Gasteiger partial charge in [-0.25, -0.2) is 0 Å². The van der Waals surface area contributed by atoms with E-state index in [1.54, 1.807) is 0 Å². The second-order valence-electron chi connectivity index (χ2n) is 4.65. The Balaban J connectivity index is 1.74. The molecule has 13 heavy (non-hydrogen) atoms. The van der Waals surface area contributed by atoms with Crippen LogP contribution in [0, 0.1) is 11.8 Å². The van der Waals surface area contributed by atoms with Crippen molar-refractivity contribution in [3.05, 3.63) is 0 Å². The van der Waals surface area contributed by atoms with Crippen molar-refractivity contribution in [2.75, 3.05) is 20.6 Å². The van der Waals surface area contributed by atoms with Crippen LogP contribution in [0.5, 0.6) is 0 Å². The van der Waals surface area contributed by atoms with E-state index in [-0.39, 0.29) is 5.91 Å². The number of rotatable bonds is 3. The Labute approximate surface area is 79.5 Å². The van der Waals surface area contributed by atoms with Gasteiger partial charge in [0.1, 0.15) is 0 Å². The summed E-state index contributed by atoms with van der Waals surface area (Å²) in [7, 11) is 3.85. The number of hydrogen-bond acceptors (Lipinski definition) is 2. The Morgan fingerprint density at radius 3 is 2.69 bits per heavy atom. The minimum absolute atomic E-state index is 0.183. The van der Waals surface area contributed by atoms with Crippen LogP contribution >= 0.6 is 0 Å². The van der Waals surface area contributed by atoms with Gasteiger partial charge in [0.2, 0.25) is 5.91 Å². The zero-order valence-corrected chi connectivity index (χ0v) is 8.42. The average molecular weight is 182 g/mol. The molecule has 0 aliphatic heterocycles. The van der Waals surface area contributed by atoms with Crippen LogP contribution in [0.25, 0.3) is 0 Å². The van der Waals surface area contributed by atoms with E-state index < -0.39 is 0 Å². The summed E-state index contributed by atoms with van der Waals surface area (Å²) in [6.45, 7) is 0.522. The van der Waals surface area contributed by atoms with Gasteiger partial charge in [-0.1, -0.05) is 0 Å². The molecule has 2 rings (SSSR count). The minimum Gasteiger partial charge on any atom is -0.352 e. The van der Waals surface area contributed by atoms with E-state index in [0.29, 0.717) is 12.6 Å². The SMILES string of the molecule is CN(C)CC(=O)NC1CCC2CC21. The molecule has 0 bridgehead atoms. The number of amides is 1. The van der Waals surface area contributed by atoms with Gasteiger partial charge in [-0.05, 0) is 45.2 Å². The quantitative estimate of drug-likeness (QED) is 0.688. The molecular weight excluding hydrogens is 164 g/mol. The molecule has 0 saturated heterocycles. The molecule has 2 saturated carbocycles. The van der Waals surface area contributed by atoms with Gasteiger partial charge in [-0.15, -0.1) is 0 Å². The van der Waals surface area contributed by atoms with Crippen LogP contribution < -0.4 is 5.32 Å². The van der Waals surface area contributed by atoms with Crippen molar-refractivity contribution in [2.45, 2.75) is 25.3 Å². The first-order chi connectivity index (χ1) is 6.16. The van der Waals surface area contributed by atoms with E-state index in [4.69, 9.17) is 0 Å². The molecule has 0 aromatic carbocycles. The molecule has 2 aliphatic rings. The van der Waals surface area contributed by atoms with E-state index in [1.165, 1.54) is 19.3 Å². The number of fused-ring (bicyclic) bond motifs is 1. The summed E-state index contributed by atoms with van der Waals surface area (Å²) in [5.74, 6) is 1.96. The second-order valence-corrected chi connectivity index (χ2v) is 4.65. The fraction of sp³-hybridized carbons (Fsp3) is 0.900. The first kappa shape index (κ1) is 9.00. The largest absolute Gasteiger partial charge is 0.352 e. The van der Waals surface area contributed by atoms with Gasteiger partial charge in [0.15, 0.2) is 0 Å². The van der Waals surface area contributed by atoms with Crippen LogP contribution in [0.4, 0.5) is 0 Å². The second kappa shape index (κ2) is 3.29. The summed E-state index contributed by atoms with van der Waals surface area (Å²) in [5.41, 5.74) is 0. The highest BCUT2D eigenvalue weighted by atomic mass is 16.2. The number of carbonyl (C=O) groups is 1. The van der Waals surface area contributed by atoms with Gasteiger partial charge in [0, 0.05) is 6.04 Å². The highest BCUT2D eigenvalue weighted by Crippen LogP contribution is 2.51. The highest BCUT2D eigenvalue weighted by Gasteiger charge is 2.48. The molecule has 0 aromatic heterocycles. The highest BCUT2D eigenvalue weighted by molar-refractivity contribution is 5.78. The van der Waals surface area contributed by atoms with Crippen molar-refractivity contribution in [3.8, 4) is 0 Å². The van der Waals surface area contributed by atoms with E-state index in [0.717, 1.165) is 11.8 Å². The van der Waals surface area contributed by atoms with Crippen LogP contribution in [-0.4, -0.2) is 37.5 Å². The third kappa shape index (κ3) is 2.02. The van der Waals surface area contributed by atoms with E-state index in [2.05, 4.69) is 5.32 Å². The summed E-state index contributed by atoms with van der Waals surface area (Å²) < 4.78 is 0. The topological polar surface area (TPSA) is 32.3 Å². The number of hydrogen-bond donors (Lipinski definition) is 1. The molecule has 3 atom stereocenters. The zero-order valence-electron chi connectivity index (χ0n) is 8.42. The fourth-order valence-electron chi connectivity index (χ4n) is 2.42. The third-order valence-electron chi connectivity index (χ3n) is 3.15. The normalized spacial score (nSPS) is 36.1. The maximum absolute atomic E-state index is 11.4. The van der Waals surface area contributed by atoms with Gasteiger partial charge >= 0.3 is 0 Å². The number of likely N-dealkylation sites (N-methyl/N-ethyl adjacent to an activating group) is 1. The maximum Gasteiger partial charge on any atom is 0.234 e. The van der Waals surface area contributed by atoms with Crippen molar-refractivity contribution in [1.82, 2.24) is 10.2 Å². The Morgan fingerprint density at radius 1 is 1.46 bits per heavy atom. The van der Waals surface area contributed by atoms with Crippen molar-refractivity contribution in [3.63, 3.8) is 0 Å². The Hall–Kier alpha value is -0.570. The molecular formula is C10H18N2O. The predicted molar refractivity (Wildman–Crippen MR) is 51.3 cm³/mol. The standard InChI is InChI=1S/C10H18N2O/c1-12(2)6-10(13)11-9-4-3-7-5-8(7)9/h7-9H,3-6H2,1-2H3,(H,11,13). The van der Waals surface area contributed by atoms with E-state index in [1.807, 2.05) is 19.0 Å². The molecule has 0 radical (unpaired) electrons. The smallest absolute Gasteiger partial charge is 0.234 e. The molecule has 0 spiro atoms. The molecule has 0 aromatic rings. The Kier molecular flexibility index (Phi) is 2.28. The number of carbonyl (C=O) groups excluding carboxylic acids is 1. The van der Waals surface area contributed by atoms with Crippen molar-refractivity contribution >= 4 is 5.91 Å². The minimum atomic E-state index is 0.183. The van der Waals surface area contributed by atoms with Crippen LogP contribution in [0.15, 0.2) is 0 Å². The summed E-state index contributed by atoms with van der Waals surface area (Å²) >= 11 is 0. The fourth-order valence-corrected chi connectivity index (χ4v) is 2.42. The summed E-state index contributed by atoms with van der Waals surface area (Å²) in [6, 6.07) is 0.498. The van der Waals surface area contributed by atoms with Crippen LogP contribution in [0.1, 0.15) is 19.3 Å². The van der Waals surface area contributed by atoms with Gasteiger partial charge in [-0.2, -0.15) is 0 Å². The summed E-state index contributed by atoms with van der Waals surface area (Å²) in [5, 5.41) is 3.12. The zero-order chi connectivity index (χ0) is 9.42. The number of nitrogens with zero attached hydrogens (tertiary/aromatic N) is 1. The predicted octanol–water partition coefficient (Wildman–Crippen LogP) is 0.463. The summed E-state index contributed by atoms with van der Waals surface area (Å²) in [4.78, 5) is 13.3. The van der Waals surface area contributed by atoms with E-state index in [9.17, 15) is 4.79 Å². The van der Waals surface area contributed by atoms with Crippen molar-refractivity contribution < 1.29 is 4.79 Å². The molecule has 1 N–H and O–H groups in total. The first-order valence-corrected chi connectivity index (χ1v) is 5.11. The van der Waals surface area contributed by atoms with Crippen LogP contribution in [-0.2, 0) is 4.79 Å². The molecule has 0 heterocycles. The van der Waals surface area contributed by atoms with Gasteiger partial charge in [-0.3, -0.25) is 4.79 Å². The molecule has 1 amide bonds. The molecule has 3 nitrogen and oxygen atoms in total. The molecule has 3 heteroatoms. The van der Waals surface area contributed by atoms with E-state index >= 15 is 0 Å². The van der Waals surface area contributed by atoms with Crippen molar-refractivity contribution in [1.29, 1.82) is 0 Å². The molecule has 2 fully saturated rings. The van der Waals surface area contributed by atoms with Gasteiger partial charge in [0.05, 0.1) is 6.54 Å². The monoisotopic (exact) mass is 182 g/mol. The molecule has 3 unspecified atom stereocenters. The molecule has 74 valence electrons. The van der Waals surface area contributed by atoms with Gasteiger partial charge < -0.3 is 10.2 Å². The first-order valence-electron chi connectivity index (χ1n) is 5.11. The lowest BCUT2D eigenvalue weighted by Gasteiger charge is -2.16. The average Bonchev–Trinajstić information content (AvgIpc) is 2.68. The lowest BCUT2D eigenvalue weighted by Crippen LogP contribution is -2.40. The summed E-state index contributed by atoms with van der Waals surface area (Å²) in [6.07, 6.45) is 3.89. The van der Waals surface area contributed by atoms with Gasteiger partial charge in [0.25, 0.3) is 0 Å². The lowest BCUT2D eigenvalue weighted by molar-refractivity contribution is -0.122. The van der Waals surface area contributed by atoms with Crippen molar-refractivity contribution in [2.24, 2.45) is 11.8 Å². The number of nitrogens with one attached hydrogen (secondary N) is 1. The maximum atomic E-state index is 11.4.